The molecule has 0 spiro atoms. The van der Waals surface area contributed by atoms with Crippen LogP contribution in [0.15, 0.2) is 23.7 Å². The molecule has 1 heterocycles. The van der Waals surface area contributed by atoms with Crippen LogP contribution in [0.4, 0.5) is 8.78 Å². The Kier molecular flexibility index (Phi) is 2.64. The molecule has 0 atom stereocenters. The highest BCUT2D eigenvalue weighted by atomic mass is 32.1. The van der Waals surface area contributed by atoms with E-state index in [1.807, 2.05) is 0 Å². The number of benzene rings is 1. The number of ether oxygens (including phenoxy) is 1. The molecule has 0 fully saturated rings. The Morgan fingerprint density at radius 3 is 2.40 bits per heavy atom. The van der Waals surface area contributed by atoms with E-state index in [9.17, 15) is 8.78 Å². The van der Waals surface area contributed by atoms with Gasteiger partial charge in [0.1, 0.15) is 5.01 Å². The molecule has 1 aromatic heterocycles. The standard InChI is InChI=1S/C10H7F2NOS/c1-14-9-7(11)4-6(5-8(9)12)10-13-2-3-15-10/h2-5H,1H3. The summed E-state index contributed by atoms with van der Waals surface area (Å²) in [6.07, 6.45) is 1.58. The lowest BCUT2D eigenvalue weighted by atomic mass is 10.2. The van der Waals surface area contributed by atoms with Gasteiger partial charge in [-0.05, 0) is 12.1 Å². The maximum absolute atomic E-state index is 13.3. The average molecular weight is 227 g/mol. The molecule has 0 aliphatic carbocycles. The minimum absolute atomic E-state index is 0.365. The maximum Gasteiger partial charge on any atom is 0.190 e. The predicted molar refractivity (Wildman–Crippen MR) is 54.0 cm³/mol. The summed E-state index contributed by atoms with van der Waals surface area (Å²) in [5.74, 6) is -1.80. The summed E-state index contributed by atoms with van der Waals surface area (Å²) < 4.78 is 31.2. The zero-order valence-corrected chi connectivity index (χ0v) is 8.65. The lowest BCUT2D eigenvalue weighted by Gasteiger charge is -2.04. The molecular formula is C10H7F2NOS. The van der Waals surface area contributed by atoms with E-state index in [4.69, 9.17) is 0 Å². The fourth-order valence-electron chi connectivity index (χ4n) is 1.24. The van der Waals surface area contributed by atoms with Crippen molar-refractivity contribution in [2.24, 2.45) is 0 Å². The Bertz CT molecular complexity index is 447. The lowest BCUT2D eigenvalue weighted by molar-refractivity contribution is 0.360. The fourth-order valence-corrected chi connectivity index (χ4v) is 1.87. The first kappa shape index (κ1) is 10.0. The van der Waals surface area contributed by atoms with Crippen molar-refractivity contribution in [3.63, 3.8) is 0 Å². The number of nitrogens with zero attached hydrogens (tertiary/aromatic N) is 1. The molecule has 78 valence electrons. The lowest BCUT2D eigenvalue weighted by Crippen LogP contribution is -1.93. The summed E-state index contributed by atoms with van der Waals surface area (Å²) in [6, 6.07) is 2.42. The zero-order chi connectivity index (χ0) is 10.8. The first-order chi connectivity index (χ1) is 7.22. The highest BCUT2D eigenvalue weighted by Crippen LogP contribution is 2.29. The third-order valence-corrected chi connectivity index (χ3v) is 2.70. The molecule has 5 heteroatoms. The largest absolute Gasteiger partial charge is 0.491 e. The van der Waals surface area contributed by atoms with Crippen LogP contribution in [0.3, 0.4) is 0 Å². The second kappa shape index (κ2) is 3.94. The van der Waals surface area contributed by atoms with Gasteiger partial charge in [-0.15, -0.1) is 11.3 Å². The Morgan fingerprint density at radius 2 is 1.93 bits per heavy atom. The van der Waals surface area contributed by atoms with Crippen LogP contribution in [-0.2, 0) is 0 Å². The van der Waals surface area contributed by atoms with E-state index in [-0.39, 0.29) is 5.75 Å². The molecule has 0 aliphatic heterocycles. The van der Waals surface area contributed by atoms with Gasteiger partial charge in [-0.3, -0.25) is 0 Å². The van der Waals surface area contributed by atoms with Crippen LogP contribution >= 0.6 is 11.3 Å². The molecule has 2 nitrogen and oxygen atoms in total. The van der Waals surface area contributed by atoms with E-state index in [2.05, 4.69) is 9.72 Å². The Labute approximate surface area is 89.2 Å². The maximum atomic E-state index is 13.3. The second-order valence-electron chi connectivity index (χ2n) is 2.81. The average Bonchev–Trinajstić information content (AvgIpc) is 2.69. The molecule has 2 rings (SSSR count). The number of aromatic nitrogens is 1. The van der Waals surface area contributed by atoms with Gasteiger partial charge in [0.25, 0.3) is 0 Å². The first-order valence-electron chi connectivity index (χ1n) is 4.15. The fraction of sp³-hybridized carbons (Fsp3) is 0.100. The summed E-state index contributed by atoms with van der Waals surface area (Å²) in [7, 11) is 1.23. The molecular weight excluding hydrogens is 220 g/mol. The van der Waals surface area contributed by atoms with Gasteiger partial charge in [-0.25, -0.2) is 13.8 Å². The Morgan fingerprint density at radius 1 is 1.27 bits per heavy atom. The van der Waals surface area contributed by atoms with Crippen molar-refractivity contribution in [2.45, 2.75) is 0 Å². The van der Waals surface area contributed by atoms with Crippen LogP contribution in [-0.4, -0.2) is 12.1 Å². The molecule has 15 heavy (non-hydrogen) atoms. The number of hydrogen-bond acceptors (Lipinski definition) is 3. The highest BCUT2D eigenvalue weighted by Gasteiger charge is 2.13. The van der Waals surface area contributed by atoms with Crippen molar-refractivity contribution >= 4 is 11.3 Å². The molecule has 0 radical (unpaired) electrons. The highest BCUT2D eigenvalue weighted by molar-refractivity contribution is 7.13. The molecule has 0 amide bonds. The SMILES string of the molecule is COc1c(F)cc(-c2nccs2)cc1F. The first-order valence-corrected chi connectivity index (χ1v) is 5.03. The van der Waals surface area contributed by atoms with Gasteiger partial charge in [-0.1, -0.05) is 0 Å². The summed E-state index contributed by atoms with van der Waals surface area (Å²) in [5.41, 5.74) is 0.417. The third-order valence-electron chi connectivity index (χ3n) is 1.88. The van der Waals surface area contributed by atoms with Gasteiger partial charge >= 0.3 is 0 Å². The predicted octanol–water partition coefficient (Wildman–Crippen LogP) is 3.10. The topological polar surface area (TPSA) is 22.1 Å². The van der Waals surface area contributed by atoms with Crippen molar-refractivity contribution < 1.29 is 13.5 Å². The van der Waals surface area contributed by atoms with E-state index in [1.165, 1.54) is 30.6 Å². The summed E-state index contributed by atoms with van der Waals surface area (Å²) in [5, 5.41) is 2.32. The van der Waals surface area contributed by atoms with E-state index in [1.54, 1.807) is 11.6 Å². The van der Waals surface area contributed by atoms with Crippen molar-refractivity contribution in [3.8, 4) is 16.3 Å². The Hall–Kier alpha value is -1.49. The van der Waals surface area contributed by atoms with Crippen molar-refractivity contribution in [1.29, 1.82) is 0 Å². The molecule has 2 aromatic rings. The van der Waals surface area contributed by atoms with E-state index < -0.39 is 11.6 Å². The van der Waals surface area contributed by atoms with Crippen molar-refractivity contribution in [2.75, 3.05) is 7.11 Å². The second-order valence-corrected chi connectivity index (χ2v) is 3.70. The minimum Gasteiger partial charge on any atom is -0.491 e. The van der Waals surface area contributed by atoms with E-state index >= 15 is 0 Å². The number of hydrogen-bond donors (Lipinski definition) is 0. The van der Waals surface area contributed by atoms with Gasteiger partial charge in [-0.2, -0.15) is 0 Å². The van der Waals surface area contributed by atoms with Gasteiger partial charge in [0.2, 0.25) is 0 Å². The summed E-state index contributed by atoms with van der Waals surface area (Å²) in [6.45, 7) is 0. The van der Waals surface area contributed by atoms with Crippen LogP contribution < -0.4 is 4.74 Å². The molecule has 0 saturated carbocycles. The van der Waals surface area contributed by atoms with Crippen LogP contribution in [0, 0.1) is 11.6 Å². The van der Waals surface area contributed by atoms with Crippen molar-refractivity contribution in [3.05, 3.63) is 35.3 Å². The molecule has 0 unspecified atom stereocenters. The number of methoxy groups -OCH3 is 1. The van der Waals surface area contributed by atoms with Crippen molar-refractivity contribution in [1.82, 2.24) is 4.98 Å². The summed E-state index contributed by atoms with van der Waals surface area (Å²) in [4.78, 5) is 3.97. The smallest absolute Gasteiger partial charge is 0.190 e. The van der Waals surface area contributed by atoms with E-state index in [0.717, 1.165) is 0 Å². The van der Waals surface area contributed by atoms with Gasteiger partial charge in [0.05, 0.1) is 7.11 Å². The van der Waals surface area contributed by atoms with Crippen LogP contribution in [0.25, 0.3) is 10.6 Å². The normalized spacial score (nSPS) is 10.3. The van der Waals surface area contributed by atoms with Gasteiger partial charge in [0.15, 0.2) is 17.4 Å². The zero-order valence-electron chi connectivity index (χ0n) is 7.83. The molecule has 1 aromatic carbocycles. The van der Waals surface area contributed by atoms with Gasteiger partial charge in [0, 0.05) is 17.1 Å². The number of rotatable bonds is 2. The summed E-state index contributed by atoms with van der Waals surface area (Å²) >= 11 is 1.32. The molecule has 0 aliphatic rings. The quantitative estimate of drug-likeness (QED) is 0.786. The molecule has 0 bridgehead atoms. The van der Waals surface area contributed by atoms with Crippen LogP contribution in [0.5, 0.6) is 5.75 Å². The Balaban J connectivity index is 2.53. The third kappa shape index (κ3) is 1.83. The van der Waals surface area contributed by atoms with E-state index in [0.29, 0.717) is 10.6 Å². The number of thiazole rings is 1. The van der Waals surface area contributed by atoms with Crippen LogP contribution in [0.2, 0.25) is 0 Å². The number of halogens is 2. The van der Waals surface area contributed by atoms with Crippen LogP contribution in [0.1, 0.15) is 0 Å². The van der Waals surface area contributed by atoms with Gasteiger partial charge < -0.3 is 4.74 Å². The molecule has 0 N–H and O–H groups in total. The monoisotopic (exact) mass is 227 g/mol. The minimum atomic E-state index is -0.720. The molecule has 0 saturated heterocycles.